The highest BCUT2D eigenvalue weighted by molar-refractivity contribution is 7.92. The van der Waals surface area contributed by atoms with Gasteiger partial charge < -0.3 is 29.2 Å². The smallest absolute Gasteiger partial charge is 0.264 e. The summed E-state index contributed by atoms with van der Waals surface area (Å²) in [6.07, 6.45) is 4.21. The lowest BCUT2D eigenvalue weighted by molar-refractivity contribution is -0.140. The van der Waals surface area contributed by atoms with Crippen molar-refractivity contribution in [3.8, 4) is 23.0 Å². The van der Waals surface area contributed by atoms with Gasteiger partial charge in [-0.1, -0.05) is 31.9 Å². The summed E-state index contributed by atoms with van der Waals surface area (Å²) in [5.74, 6) is 1.01. The van der Waals surface area contributed by atoms with Crippen LogP contribution in [0.1, 0.15) is 51.5 Å². The Morgan fingerprint density at radius 2 is 1.49 bits per heavy atom. The van der Waals surface area contributed by atoms with Crippen molar-refractivity contribution in [3.05, 3.63) is 72.3 Å². The van der Waals surface area contributed by atoms with Crippen molar-refractivity contribution in [2.75, 3.05) is 38.8 Å². The predicted octanol–water partition coefficient (Wildman–Crippen LogP) is 5.17. The molecule has 1 atom stereocenters. The van der Waals surface area contributed by atoms with E-state index in [1.54, 1.807) is 43.5 Å². The van der Waals surface area contributed by atoms with E-state index in [1.807, 2.05) is 26.0 Å². The molecule has 254 valence electrons. The molecule has 1 aliphatic carbocycles. The van der Waals surface area contributed by atoms with Crippen LogP contribution in [0.3, 0.4) is 0 Å². The molecule has 1 saturated carbocycles. The SMILES string of the molecule is CCOc1ccc(N(CC(=O)N(Cc2ccc(OC)cc2)C(CC)C(=O)NC2CCCC2)S(=O)(=O)c2ccc(OC)c(OC)c2)cc1. The third-order valence-corrected chi connectivity index (χ3v) is 10.0. The Hall–Kier alpha value is -4.45. The Balaban J connectivity index is 1.75. The molecule has 1 N–H and O–H groups in total. The summed E-state index contributed by atoms with van der Waals surface area (Å²) in [4.78, 5) is 29.5. The van der Waals surface area contributed by atoms with Crippen molar-refractivity contribution in [2.24, 2.45) is 0 Å². The number of sulfonamides is 1. The van der Waals surface area contributed by atoms with E-state index in [4.69, 9.17) is 18.9 Å². The van der Waals surface area contributed by atoms with Crippen molar-refractivity contribution in [1.29, 1.82) is 0 Å². The first-order valence-corrected chi connectivity index (χ1v) is 17.3. The van der Waals surface area contributed by atoms with Gasteiger partial charge in [0.05, 0.1) is 38.5 Å². The van der Waals surface area contributed by atoms with Gasteiger partial charge in [0.25, 0.3) is 10.0 Å². The van der Waals surface area contributed by atoms with Crippen LogP contribution in [0.5, 0.6) is 23.0 Å². The van der Waals surface area contributed by atoms with Crippen molar-refractivity contribution in [2.45, 2.75) is 69.5 Å². The predicted molar refractivity (Wildman–Crippen MR) is 180 cm³/mol. The number of nitrogens with zero attached hydrogens (tertiary/aromatic N) is 2. The van der Waals surface area contributed by atoms with Crippen molar-refractivity contribution in [3.63, 3.8) is 0 Å². The fourth-order valence-electron chi connectivity index (χ4n) is 5.72. The number of hydrogen-bond donors (Lipinski definition) is 1. The Morgan fingerprint density at radius 1 is 0.851 bits per heavy atom. The summed E-state index contributed by atoms with van der Waals surface area (Å²) < 4.78 is 51.3. The molecule has 0 aromatic heterocycles. The van der Waals surface area contributed by atoms with E-state index >= 15 is 0 Å². The molecule has 0 spiro atoms. The summed E-state index contributed by atoms with van der Waals surface area (Å²) in [5.41, 5.74) is 1.02. The highest BCUT2D eigenvalue weighted by atomic mass is 32.2. The molecule has 1 aliphatic rings. The molecule has 4 rings (SSSR count). The molecule has 1 fully saturated rings. The second-order valence-electron chi connectivity index (χ2n) is 11.2. The monoisotopic (exact) mass is 667 g/mol. The average molecular weight is 668 g/mol. The minimum absolute atomic E-state index is 0.0558. The van der Waals surface area contributed by atoms with Crippen LogP contribution in [0.15, 0.2) is 71.6 Å². The third kappa shape index (κ3) is 8.68. The molecule has 0 saturated heterocycles. The van der Waals surface area contributed by atoms with Crippen LogP contribution in [0.4, 0.5) is 5.69 Å². The summed E-state index contributed by atoms with van der Waals surface area (Å²) in [6.45, 7) is 3.66. The van der Waals surface area contributed by atoms with Crippen LogP contribution in [0.2, 0.25) is 0 Å². The topological polar surface area (TPSA) is 124 Å². The van der Waals surface area contributed by atoms with Gasteiger partial charge >= 0.3 is 0 Å². The number of amides is 2. The van der Waals surface area contributed by atoms with Crippen LogP contribution < -0.4 is 28.6 Å². The van der Waals surface area contributed by atoms with Gasteiger partial charge in [0, 0.05) is 18.7 Å². The molecular formula is C35H45N3O8S. The number of methoxy groups -OCH3 is 3. The lowest BCUT2D eigenvalue weighted by atomic mass is 10.1. The third-order valence-electron chi connectivity index (χ3n) is 8.26. The van der Waals surface area contributed by atoms with Gasteiger partial charge in [-0.25, -0.2) is 8.42 Å². The average Bonchev–Trinajstić information content (AvgIpc) is 3.60. The van der Waals surface area contributed by atoms with Crippen LogP contribution in [0, 0.1) is 0 Å². The quantitative estimate of drug-likeness (QED) is 0.222. The number of ether oxygens (including phenoxy) is 4. The number of carbonyl (C=O) groups excluding carboxylic acids is 2. The van der Waals surface area contributed by atoms with Crippen molar-refractivity contribution in [1.82, 2.24) is 10.2 Å². The minimum Gasteiger partial charge on any atom is -0.497 e. The normalized spacial score (nSPS) is 13.8. The van der Waals surface area contributed by atoms with E-state index in [0.29, 0.717) is 30.3 Å². The number of benzene rings is 3. The maximum absolute atomic E-state index is 14.4. The van der Waals surface area contributed by atoms with Crippen molar-refractivity contribution >= 4 is 27.5 Å². The zero-order chi connectivity index (χ0) is 34.0. The summed E-state index contributed by atoms with van der Waals surface area (Å²) in [6, 6.07) is 17.2. The van der Waals surface area contributed by atoms with Gasteiger partial charge in [-0.05, 0) is 80.3 Å². The van der Waals surface area contributed by atoms with E-state index in [1.165, 1.54) is 37.3 Å². The molecule has 0 aliphatic heterocycles. The molecule has 47 heavy (non-hydrogen) atoms. The highest BCUT2D eigenvalue weighted by Gasteiger charge is 2.35. The minimum atomic E-state index is -4.33. The molecule has 0 heterocycles. The zero-order valence-corrected chi connectivity index (χ0v) is 28.5. The Morgan fingerprint density at radius 3 is 2.06 bits per heavy atom. The van der Waals surface area contributed by atoms with Gasteiger partial charge in [-0.2, -0.15) is 0 Å². The molecule has 2 amide bonds. The molecule has 3 aromatic carbocycles. The second kappa shape index (κ2) is 16.4. The summed E-state index contributed by atoms with van der Waals surface area (Å²) >= 11 is 0. The largest absolute Gasteiger partial charge is 0.497 e. The van der Waals surface area contributed by atoms with Crippen LogP contribution in [-0.2, 0) is 26.2 Å². The van der Waals surface area contributed by atoms with Crippen LogP contribution in [-0.4, -0.2) is 71.7 Å². The lowest BCUT2D eigenvalue weighted by Crippen LogP contribution is -2.53. The van der Waals surface area contributed by atoms with Crippen LogP contribution in [0.25, 0.3) is 0 Å². The summed E-state index contributed by atoms with van der Waals surface area (Å²) in [7, 11) is 0.120. The number of rotatable bonds is 16. The fraction of sp³-hybridized carbons (Fsp3) is 0.429. The molecule has 0 bridgehead atoms. The van der Waals surface area contributed by atoms with E-state index < -0.39 is 28.5 Å². The molecule has 1 unspecified atom stereocenters. The van der Waals surface area contributed by atoms with Crippen LogP contribution >= 0.6 is 0 Å². The Labute approximate surface area is 277 Å². The fourth-order valence-corrected chi connectivity index (χ4v) is 7.15. The number of nitrogens with one attached hydrogen (secondary N) is 1. The first-order chi connectivity index (χ1) is 22.6. The molecular weight excluding hydrogens is 622 g/mol. The molecule has 0 radical (unpaired) electrons. The number of carbonyl (C=O) groups is 2. The number of anilines is 1. The molecule has 12 heteroatoms. The zero-order valence-electron chi connectivity index (χ0n) is 27.7. The first kappa shape index (κ1) is 35.4. The van der Waals surface area contributed by atoms with E-state index in [-0.39, 0.29) is 34.8 Å². The van der Waals surface area contributed by atoms with Crippen molar-refractivity contribution < 1.29 is 37.0 Å². The van der Waals surface area contributed by atoms with Gasteiger partial charge in [0.1, 0.15) is 24.1 Å². The van der Waals surface area contributed by atoms with E-state index in [0.717, 1.165) is 35.6 Å². The maximum Gasteiger partial charge on any atom is 0.264 e. The first-order valence-electron chi connectivity index (χ1n) is 15.9. The van der Waals surface area contributed by atoms with E-state index in [2.05, 4.69) is 5.32 Å². The van der Waals surface area contributed by atoms with Gasteiger partial charge in [0.2, 0.25) is 11.8 Å². The molecule has 11 nitrogen and oxygen atoms in total. The Bertz CT molecular complexity index is 1590. The maximum atomic E-state index is 14.4. The lowest BCUT2D eigenvalue weighted by Gasteiger charge is -2.34. The standard InChI is InChI=1S/C35H45N3O8S/c1-6-31(35(40)36-26-10-8-9-11-26)37(23-25-12-16-28(43-3)17-13-25)34(39)24-38(27-14-18-29(19-15-27)46-7-2)47(41,42)30-20-21-32(44-4)33(22-30)45-5/h12-22,26,31H,6-11,23-24H2,1-5H3,(H,36,40). The second-order valence-corrected chi connectivity index (χ2v) is 13.1. The van der Waals surface area contributed by atoms with E-state index in [9.17, 15) is 18.0 Å². The van der Waals surface area contributed by atoms with Gasteiger partial charge in [0.15, 0.2) is 11.5 Å². The number of hydrogen-bond acceptors (Lipinski definition) is 8. The summed E-state index contributed by atoms with van der Waals surface area (Å²) in [5, 5.41) is 3.13. The molecule has 3 aromatic rings. The Kier molecular flexibility index (Phi) is 12.4. The van der Waals surface area contributed by atoms with Gasteiger partial charge in [-0.3, -0.25) is 13.9 Å². The van der Waals surface area contributed by atoms with Gasteiger partial charge in [-0.15, -0.1) is 0 Å². The highest BCUT2D eigenvalue weighted by Crippen LogP contribution is 2.33.